The third-order valence-electron chi connectivity index (χ3n) is 3.61. The number of ether oxygens (including phenoxy) is 1. The predicted molar refractivity (Wildman–Crippen MR) is 93.0 cm³/mol. The van der Waals surface area contributed by atoms with E-state index in [1.54, 1.807) is 58.9 Å². The molecule has 0 saturated heterocycles. The fraction of sp³-hybridized carbons (Fsp3) is 0.421. The molecule has 132 valence electrons. The van der Waals surface area contributed by atoms with Gasteiger partial charge in [0.05, 0.1) is 17.2 Å². The molecular formula is C19H22N2O4. The summed E-state index contributed by atoms with van der Waals surface area (Å²) in [5.41, 5.74) is 0.0466. The van der Waals surface area contributed by atoms with Gasteiger partial charge in [-0.05, 0) is 46.8 Å². The summed E-state index contributed by atoms with van der Waals surface area (Å²) in [5.74, 6) is 4.76. The van der Waals surface area contributed by atoms with E-state index in [9.17, 15) is 14.4 Å². The SMILES string of the molecule is CC#CC([C@H](C)NC(=O)OC(C)(C)C)N1C(=O)c2ccccc2C1=O. The smallest absolute Gasteiger partial charge is 0.407 e. The average molecular weight is 342 g/mol. The Morgan fingerprint density at radius 2 is 1.68 bits per heavy atom. The van der Waals surface area contributed by atoms with Crippen molar-refractivity contribution in [2.45, 2.75) is 52.3 Å². The second-order valence-corrected chi connectivity index (χ2v) is 6.80. The lowest BCUT2D eigenvalue weighted by atomic mass is 10.1. The molecular weight excluding hydrogens is 320 g/mol. The van der Waals surface area contributed by atoms with Crippen LogP contribution in [0.1, 0.15) is 55.3 Å². The first-order valence-electron chi connectivity index (χ1n) is 8.04. The van der Waals surface area contributed by atoms with Gasteiger partial charge in [-0.2, -0.15) is 0 Å². The minimum absolute atomic E-state index is 0.347. The largest absolute Gasteiger partial charge is 0.444 e. The maximum atomic E-state index is 12.6. The molecule has 3 amide bonds. The van der Waals surface area contributed by atoms with Crippen molar-refractivity contribution in [3.8, 4) is 11.8 Å². The lowest BCUT2D eigenvalue weighted by Crippen LogP contribution is -2.52. The van der Waals surface area contributed by atoms with Gasteiger partial charge in [0.2, 0.25) is 0 Å². The molecule has 0 saturated carbocycles. The van der Waals surface area contributed by atoms with Crippen LogP contribution in [-0.2, 0) is 4.74 Å². The number of imide groups is 1. The van der Waals surface area contributed by atoms with Crippen LogP contribution in [0.2, 0.25) is 0 Å². The Bertz CT molecular complexity index is 733. The first kappa shape index (κ1) is 18.5. The van der Waals surface area contributed by atoms with Gasteiger partial charge >= 0.3 is 6.09 Å². The number of nitrogens with zero attached hydrogens (tertiary/aromatic N) is 1. The van der Waals surface area contributed by atoms with E-state index in [-0.39, 0.29) is 0 Å². The molecule has 25 heavy (non-hydrogen) atoms. The molecule has 1 heterocycles. The Balaban J connectivity index is 2.24. The van der Waals surface area contributed by atoms with E-state index in [0.717, 1.165) is 4.90 Å². The van der Waals surface area contributed by atoms with E-state index in [4.69, 9.17) is 4.74 Å². The summed E-state index contributed by atoms with van der Waals surface area (Å²) in [6.45, 7) is 8.56. The van der Waals surface area contributed by atoms with Gasteiger partial charge < -0.3 is 10.1 Å². The fourth-order valence-corrected chi connectivity index (χ4v) is 2.59. The number of rotatable bonds is 3. The van der Waals surface area contributed by atoms with E-state index in [0.29, 0.717) is 11.1 Å². The van der Waals surface area contributed by atoms with Crippen LogP contribution >= 0.6 is 0 Å². The van der Waals surface area contributed by atoms with Gasteiger partial charge in [-0.1, -0.05) is 18.1 Å². The molecule has 0 aliphatic carbocycles. The highest BCUT2D eigenvalue weighted by molar-refractivity contribution is 6.21. The summed E-state index contributed by atoms with van der Waals surface area (Å²) < 4.78 is 5.23. The number of fused-ring (bicyclic) bond motifs is 1. The van der Waals surface area contributed by atoms with Crippen LogP contribution in [0.15, 0.2) is 24.3 Å². The number of alkyl carbamates (subject to hydrolysis) is 1. The average Bonchev–Trinajstić information content (AvgIpc) is 2.75. The van der Waals surface area contributed by atoms with Crippen LogP contribution < -0.4 is 5.32 Å². The Labute approximate surface area is 147 Å². The van der Waals surface area contributed by atoms with Crippen LogP contribution in [0, 0.1) is 11.8 Å². The van der Waals surface area contributed by atoms with Crippen molar-refractivity contribution in [1.82, 2.24) is 10.2 Å². The van der Waals surface area contributed by atoms with E-state index in [1.807, 2.05) is 0 Å². The molecule has 6 heteroatoms. The monoisotopic (exact) mass is 342 g/mol. The standard InChI is InChI=1S/C19H22N2O4/c1-6-9-15(12(2)20-18(24)25-19(3,4)5)21-16(22)13-10-7-8-11-14(13)17(21)23/h7-8,10-12,15H,1-5H3,(H,20,24)/t12-,15?/m0/s1. The fourth-order valence-electron chi connectivity index (χ4n) is 2.59. The number of carbonyl (C=O) groups excluding carboxylic acids is 3. The normalized spacial score (nSPS) is 15.8. The summed E-state index contributed by atoms with van der Waals surface area (Å²) in [6, 6.07) is 5.25. The Kier molecular flexibility index (Phi) is 5.17. The molecule has 1 aliphatic rings. The van der Waals surface area contributed by atoms with Gasteiger partial charge in [0.25, 0.3) is 11.8 Å². The number of hydrogen-bond donors (Lipinski definition) is 1. The Morgan fingerprint density at radius 3 is 2.12 bits per heavy atom. The third kappa shape index (κ3) is 4.00. The zero-order valence-electron chi connectivity index (χ0n) is 15.0. The van der Waals surface area contributed by atoms with E-state index >= 15 is 0 Å². The maximum Gasteiger partial charge on any atom is 0.407 e. The van der Waals surface area contributed by atoms with E-state index < -0.39 is 35.6 Å². The molecule has 1 aromatic carbocycles. The van der Waals surface area contributed by atoms with Gasteiger partial charge in [-0.25, -0.2) is 4.79 Å². The summed E-state index contributed by atoms with van der Waals surface area (Å²) in [6.07, 6.45) is -0.625. The minimum Gasteiger partial charge on any atom is -0.444 e. The molecule has 0 spiro atoms. The Hall–Kier alpha value is -2.81. The zero-order valence-corrected chi connectivity index (χ0v) is 15.0. The van der Waals surface area contributed by atoms with Gasteiger partial charge in [0, 0.05) is 0 Å². The van der Waals surface area contributed by atoms with Crippen molar-refractivity contribution >= 4 is 17.9 Å². The molecule has 0 bridgehead atoms. The Morgan fingerprint density at radius 1 is 1.16 bits per heavy atom. The molecule has 1 N–H and O–H groups in total. The highest BCUT2D eigenvalue weighted by Gasteiger charge is 2.41. The number of benzene rings is 1. The molecule has 6 nitrogen and oxygen atoms in total. The van der Waals surface area contributed by atoms with Gasteiger partial charge in [0.15, 0.2) is 0 Å². The summed E-state index contributed by atoms with van der Waals surface area (Å²) in [5, 5.41) is 2.66. The highest BCUT2D eigenvalue weighted by atomic mass is 16.6. The topological polar surface area (TPSA) is 75.7 Å². The van der Waals surface area contributed by atoms with Crippen LogP contribution in [0.4, 0.5) is 4.79 Å². The first-order valence-corrected chi connectivity index (χ1v) is 8.04. The van der Waals surface area contributed by atoms with Crippen molar-refractivity contribution in [3.63, 3.8) is 0 Å². The predicted octanol–water partition coefficient (Wildman–Crippen LogP) is 2.59. The zero-order chi connectivity index (χ0) is 18.8. The quantitative estimate of drug-likeness (QED) is 0.677. The van der Waals surface area contributed by atoms with Gasteiger partial charge in [-0.3, -0.25) is 14.5 Å². The van der Waals surface area contributed by atoms with Crippen molar-refractivity contribution in [3.05, 3.63) is 35.4 Å². The number of hydrogen-bond acceptors (Lipinski definition) is 4. The van der Waals surface area contributed by atoms with Crippen molar-refractivity contribution in [1.29, 1.82) is 0 Å². The van der Waals surface area contributed by atoms with Crippen LogP contribution in [-0.4, -0.2) is 40.5 Å². The second-order valence-electron chi connectivity index (χ2n) is 6.80. The van der Waals surface area contributed by atoms with Crippen molar-refractivity contribution in [2.75, 3.05) is 0 Å². The third-order valence-corrected chi connectivity index (χ3v) is 3.61. The van der Waals surface area contributed by atoms with Crippen LogP contribution in [0.3, 0.4) is 0 Å². The first-order chi connectivity index (χ1) is 11.7. The number of nitrogens with one attached hydrogen (secondary N) is 1. The van der Waals surface area contributed by atoms with Gasteiger partial charge in [0.1, 0.15) is 11.6 Å². The number of amides is 3. The molecule has 2 rings (SSSR count). The van der Waals surface area contributed by atoms with Crippen molar-refractivity contribution in [2.24, 2.45) is 0 Å². The van der Waals surface area contributed by atoms with Crippen LogP contribution in [0.25, 0.3) is 0 Å². The van der Waals surface area contributed by atoms with E-state index in [1.165, 1.54) is 0 Å². The van der Waals surface area contributed by atoms with Crippen molar-refractivity contribution < 1.29 is 19.1 Å². The summed E-state index contributed by atoms with van der Waals surface area (Å²) in [7, 11) is 0. The minimum atomic E-state index is -0.787. The highest BCUT2D eigenvalue weighted by Crippen LogP contribution is 2.25. The molecule has 2 atom stereocenters. The van der Waals surface area contributed by atoms with Gasteiger partial charge in [-0.15, -0.1) is 5.92 Å². The molecule has 1 unspecified atom stereocenters. The molecule has 1 aliphatic heterocycles. The summed E-state index contributed by atoms with van der Waals surface area (Å²) >= 11 is 0. The lowest BCUT2D eigenvalue weighted by Gasteiger charge is -2.29. The van der Waals surface area contributed by atoms with Crippen LogP contribution in [0.5, 0.6) is 0 Å². The summed E-state index contributed by atoms with van der Waals surface area (Å²) in [4.78, 5) is 38.4. The maximum absolute atomic E-state index is 12.6. The lowest BCUT2D eigenvalue weighted by molar-refractivity contribution is 0.0450. The molecule has 1 aromatic rings. The molecule has 0 radical (unpaired) electrons. The molecule has 0 fully saturated rings. The number of carbonyl (C=O) groups is 3. The second kappa shape index (κ2) is 6.98. The van der Waals surface area contributed by atoms with E-state index in [2.05, 4.69) is 17.2 Å². The molecule has 0 aromatic heterocycles.